The number of pyridine rings is 1. The third-order valence-electron chi connectivity index (χ3n) is 2.02. The van der Waals surface area contributed by atoms with Crippen molar-refractivity contribution >= 4 is 11.5 Å². The molecule has 0 aliphatic heterocycles. The summed E-state index contributed by atoms with van der Waals surface area (Å²) in [7, 11) is 0. The second-order valence-electron chi connectivity index (χ2n) is 3.44. The maximum atomic E-state index is 10.4. The molecule has 0 saturated heterocycles. The molecule has 0 saturated carbocycles. The molecule has 94 valence electrons. The van der Waals surface area contributed by atoms with Crippen LogP contribution in [0.1, 0.15) is 6.92 Å². The number of aliphatic imine (C=N–C) groups is 1. The molecule has 18 heavy (non-hydrogen) atoms. The summed E-state index contributed by atoms with van der Waals surface area (Å²) in [6.07, 6.45) is 2.70. The molecule has 0 N–H and O–H groups in total. The van der Waals surface area contributed by atoms with E-state index < -0.39 is 4.92 Å². The first-order valence-electron chi connectivity index (χ1n) is 5.11. The lowest BCUT2D eigenvalue weighted by Gasteiger charge is -2.06. The van der Waals surface area contributed by atoms with Crippen molar-refractivity contribution in [3.63, 3.8) is 0 Å². The van der Waals surface area contributed by atoms with Crippen molar-refractivity contribution in [3.8, 4) is 5.75 Å². The zero-order valence-electron chi connectivity index (χ0n) is 10.00. The molecule has 0 atom stereocenters. The lowest BCUT2D eigenvalue weighted by Crippen LogP contribution is -2.12. The van der Waals surface area contributed by atoms with Gasteiger partial charge in [-0.3, -0.25) is 4.99 Å². The molecule has 1 aromatic rings. The molecule has 0 amide bonds. The predicted octanol–water partition coefficient (Wildman–Crippen LogP) is 2.53. The van der Waals surface area contributed by atoms with Gasteiger partial charge in [-0.25, -0.2) is 0 Å². The standard InChI is InChI=1S/C12H13N3O3/c1-4-13-11(9(2)3)8-18-10-5-6-12(14-7-10)15(16)17/h4-7H,1-2,8H2,3H3. The molecule has 0 spiro atoms. The average molecular weight is 247 g/mol. The van der Waals surface area contributed by atoms with E-state index in [2.05, 4.69) is 23.1 Å². The summed E-state index contributed by atoms with van der Waals surface area (Å²) in [4.78, 5) is 17.5. The molecule has 0 bridgehead atoms. The Morgan fingerprint density at radius 3 is 2.83 bits per heavy atom. The average Bonchev–Trinajstić information content (AvgIpc) is 2.34. The monoisotopic (exact) mass is 247 g/mol. The smallest absolute Gasteiger partial charge is 0.363 e. The first-order valence-corrected chi connectivity index (χ1v) is 5.11. The van der Waals surface area contributed by atoms with Crippen LogP contribution < -0.4 is 4.74 Å². The van der Waals surface area contributed by atoms with Crippen LogP contribution >= 0.6 is 0 Å². The predicted molar refractivity (Wildman–Crippen MR) is 68.8 cm³/mol. The van der Waals surface area contributed by atoms with Gasteiger partial charge in [-0.05, 0) is 28.5 Å². The summed E-state index contributed by atoms with van der Waals surface area (Å²) in [5, 5.41) is 10.4. The summed E-state index contributed by atoms with van der Waals surface area (Å²) >= 11 is 0. The van der Waals surface area contributed by atoms with Gasteiger partial charge in [0.05, 0.1) is 5.71 Å². The first-order chi connectivity index (χ1) is 8.54. The van der Waals surface area contributed by atoms with Crippen molar-refractivity contribution in [1.82, 2.24) is 4.98 Å². The topological polar surface area (TPSA) is 77.6 Å². The number of hydrogen-bond acceptors (Lipinski definition) is 5. The Kier molecular flexibility index (Phi) is 4.74. The lowest BCUT2D eigenvalue weighted by molar-refractivity contribution is -0.389. The third-order valence-corrected chi connectivity index (χ3v) is 2.02. The highest BCUT2D eigenvalue weighted by atomic mass is 16.6. The molecule has 1 aromatic heterocycles. The van der Waals surface area contributed by atoms with Crippen LogP contribution in [0.15, 0.2) is 48.3 Å². The van der Waals surface area contributed by atoms with E-state index in [-0.39, 0.29) is 12.4 Å². The number of nitrogens with zero attached hydrogens (tertiary/aromatic N) is 3. The van der Waals surface area contributed by atoms with Crippen LogP contribution in [0.25, 0.3) is 0 Å². The number of rotatable bonds is 6. The second-order valence-corrected chi connectivity index (χ2v) is 3.44. The van der Waals surface area contributed by atoms with E-state index in [1.807, 2.05) is 0 Å². The Bertz CT molecular complexity index is 492. The van der Waals surface area contributed by atoms with Crippen molar-refractivity contribution in [1.29, 1.82) is 0 Å². The molecule has 1 heterocycles. The molecule has 0 aliphatic rings. The van der Waals surface area contributed by atoms with E-state index in [9.17, 15) is 10.1 Å². The van der Waals surface area contributed by atoms with Crippen LogP contribution in [-0.2, 0) is 0 Å². The third kappa shape index (κ3) is 3.82. The van der Waals surface area contributed by atoms with Gasteiger partial charge < -0.3 is 14.9 Å². The van der Waals surface area contributed by atoms with Crippen molar-refractivity contribution in [2.45, 2.75) is 6.92 Å². The van der Waals surface area contributed by atoms with Gasteiger partial charge >= 0.3 is 5.82 Å². The highest BCUT2D eigenvalue weighted by Gasteiger charge is 2.08. The SMILES string of the molecule is C=CN=C(COc1ccc([N+](=O)[O-])nc1)C(=C)C. The van der Waals surface area contributed by atoms with Gasteiger partial charge in [-0.15, -0.1) is 0 Å². The minimum Gasteiger partial charge on any atom is -0.483 e. The van der Waals surface area contributed by atoms with Crippen molar-refractivity contribution in [2.24, 2.45) is 4.99 Å². The fourth-order valence-electron chi connectivity index (χ4n) is 1.10. The maximum absolute atomic E-state index is 10.4. The van der Waals surface area contributed by atoms with Crippen LogP contribution in [0.5, 0.6) is 5.75 Å². The minimum absolute atomic E-state index is 0.209. The maximum Gasteiger partial charge on any atom is 0.363 e. The quantitative estimate of drug-likeness (QED) is 0.439. The molecule has 6 heteroatoms. The highest BCUT2D eigenvalue weighted by Crippen LogP contribution is 2.13. The minimum atomic E-state index is -0.567. The van der Waals surface area contributed by atoms with Crippen LogP contribution in [0, 0.1) is 10.1 Å². The van der Waals surface area contributed by atoms with Gasteiger partial charge in [0, 0.05) is 12.3 Å². The molecule has 0 fully saturated rings. The Labute approximate surface area is 104 Å². The Morgan fingerprint density at radius 1 is 1.67 bits per heavy atom. The van der Waals surface area contributed by atoms with Crippen LogP contribution in [-0.4, -0.2) is 22.2 Å². The van der Waals surface area contributed by atoms with Crippen molar-refractivity contribution in [3.05, 3.63) is 53.4 Å². The van der Waals surface area contributed by atoms with Crippen LogP contribution in [0.3, 0.4) is 0 Å². The van der Waals surface area contributed by atoms with Gasteiger partial charge in [0.25, 0.3) is 0 Å². The first kappa shape index (κ1) is 13.6. The van der Waals surface area contributed by atoms with Crippen molar-refractivity contribution in [2.75, 3.05) is 6.61 Å². The molecule has 6 nitrogen and oxygen atoms in total. The molecular weight excluding hydrogens is 234 g/mol. The van der Waals surface area contributed by atoms with Crippen LogP contribution in [0.2, 0.25) is 0 Å². The molecule has 0 aliphatic carbocycles. The number of ether oxygens (including phenoxy) is 1. The fourth-order valence-corrected chi connectivity index (χ4v) is 1.10. The highest BCUT2D eigenvalue weighted by molar-refractivity contribution is 6.00. The van der Waals surface area contributed by atoms with E-state index in [0.29, 0.717) is 11.5 Å². The van der Waals surface area contributed by atoms with Crippen molar-refractivity contribution < 1.29 is 9.66 Å². The molecule has 0 unspecified atom stereocenters. The summed E-state index contributed by atoms with van der Waals surface area (Å²) in [6, 6.07) is 2.76. The molecule has 0 aromatic carbocycles. The normalized spacial score (nSPS) is 10.8. The van der Waals surface area contributed by atoms with Crippen LogP contribution in [0.4, 0.5) is 5.82 Å². The second kappa shape index (κ2) is 6.29. The Hall–Kier alpha value is -2.50. The van der Waals surface area contributed by atoms with E-state index in [1.165, 1.54) is 24.5 Å². The molecule has 1 rings (SSSR count). The summed E-state index contributed by atoms with van der Waals surface area (Å²) in [6.45, 7) is 9.27. The number of nitro groups is 1. The van der Waals surface area contributed by atoms with E-state index in [1.54, 1.807) is 6.92 Å². The molecular formula is C12H13N3O3. The lowest BCUT2D eigenvalue weighted by atomic mass is 10.2. The van der Waals surface area contributed by atoms with Gasteiger partial charge in [0.15, 0.2) is 11.9 Å². The summed E-state index contributed by atoms with van der Waals surface area (Å²) < 4.78 is 5.39. The Morgan fingerprint density at radius 2 is 2.39 bits per heavy atom. The summed E-state index contributed by atoms with van der Waals surface area (Å²) in [5.41, 5.74) is 1.42. The van der Waals surface area contributed by atoms with Gasteiger partial charge in [0.2, 0.25) is 0 Å². The Balaban J connectivity index is 2.68. The van der Waals surface area contributed by atoms with E-state index in [0.717, 1.165) is 5.57 Å². The van der Waals surface area contributed by atoms with E-state index >= 15 is 0 Å². The zero-order valence-corrected chi connectivity index (χ0v) is 10.00. The summed E-state index contributed by atoms with van der Waals surface area (Å²) in [5.74, 6) is 0.209. The largest absolute Gasteiger partial charge is 0.483 e. The van der Waals surface area contributed by atoms with Gasteiger partial charge in [0.1, 0.15) is 6.61 Å². The van der Waals surface area contributed by atoms with E-state index in [4.69, 9.17) is 4.74 Å². The molecule has 0 radical (unpaired) electrons. The number of hydrogen-bond donors (Lipinski definition) is 0. The zero-order chi connectivity index (χ0) is 13.5. The van der Waals surface area contributed by atoms with Gasteiger partial charge in [-0.2, -0.15) is 0 Å². The number of aromatic nitrogens is 1. The van der Waals surface area contributed by atoms with Gasteiger partial charge in [-0.1, -0.05) is 13.2 Å². The fraction of sp³-hybridized carbons (Fsp3) is 0.167.